The number of aromatic nitrogens is 2. The van der Waals surface area contributed by atoms with Gasteiger partial charge in [-0.15, -0.1) is 0 Å². The van der Waals surface area contributed by atoms with Crippen LogP contribution in [0.1, 0.15) is 6.42 Å². The number of pyridine rings is 1. The molecule has 3 N–H and O–H groups in total. The van der Waals surface area contributed by atoms with E-state index in [4.69, 9.17) is 10.5 Å². The molecule has 3 heterocycles. The van der Waals surface area contributed by atoms with Crippen LogP contribution in [-0.4, -0.2) is 35.3 Å². The van der Waals surface area contributed by atoms with E-state index in [1.165, 1.54) is 11.0 Å². The van der Waals surface area contributed by atoms with Crippen LogP contribution in [0.5, 0.6) is 0 Å². The Morgan fingerprint density at radius 2 is 2.20 bits per heavy atom. The van der Waals surface area contributed by atoms with Crippen molar-refractivity contribution in [3.63, 3.8) is 0 Å². The minimum absolute atomic E-state index is 0.250. The molecule has 0 spiro atoms. The number of nitrogens with zero attached hydrogens (tertiary/aromatic N) is 2. The van der Waals surface area contributed by atoms with Gasteiger partial charge in [0.1, 0.15) is 17.6 Å². The third-order valence-electron chi connectivity index (χ3n) is 4.38. The van der Waals surface area contributed by atoms with Crippen molar-refractivity contribution in [1.82, 2.24) is 9.97 Å². The summed E-state index contributed by atoms with van der Waals surface area (Å²) in [6.07, 6.45) is 3.27. The molecule has 4 rings (SSSR count). The number of halogens is 1. The fourth-order valence-electron chi connectivity index (χ4n) is 3.15. The minimum Gasteiger partial charge on any atom is -0.444 e. The van der Waals surface area contributed by atoms with E-state index >= 15 is 0 Å². The molecule has 1 aliphatic rings. The van der Waals surface area contributed by atoms with E-state index in [-0.39, 0.29) is 6.10 Å². The second kappa shape index (κ2) is 6.18. The van der Waals surface area contributed by atoms with Crippen molar-refractivity contribution in [2.24, 2.45) is 5.73 Å². The predicted molar refractivity (Wildman–Crippen MR) is 92.8 cm³/mol. The molecule has 0 saturated carbocycles. The summed E-state index contributed by atoms with van der Waals surface area (Å²) < 4.78 is 20.0. The molecule has 0 aliphatic carbocycles. The van der Waals surface area contributed by atoms with Crippen LogP contribution < -0.4 is 10.6 Å². The third kappa shape index (κ3) is 2.72. The zero-order valence-corrected chi connectivity index (χ0v) is 13.4. The Bertz CT molecular complexity index is 940. The van der Waals surface area contributed by atoms with Crippen LogP contribution in [0, 0.1) is 5.82 Å². The van der Waals surface area contributed by atoms with Crippen LogP contribution in [0.15, 0.2) is 42.7 Å². The van der Waals surface area contributed by atoms with E-state index in [2.05, 4.69) is 9.97 Å². The quantitative estimate of drug-likeness (QED) is 0.764. The number of H-pyrrole nitrogens is 1. The van der Waals surface area contributed by atoms with Gasteiger partial charge in [-0.25, -0.2) is 14.2 Å². The molecule has 2 aromatic heterocycles. The highest BCUT2D eigenvalue weighted by atomic mass is 19.1. The number of anilines is 1. The number of carbonyl (C=O) groups excluding carboxylic acids is 1. The van der Waals surface area contributed by atoms with E-state index in [0.717, 1.165) is 10.9 Å². The van der Waals surface area contributed by atoms with Gasteiger partial charge in [0.2, 0.25) is 0 Å². The SMILES string of the molecule is NCC[C@H]1CN(c2ccc(-c3ccnc4[nH]ccc34)c(F)c2)C(=O)O1. The summed E-state index contributed by atoms with van der Waals surface area (Å²) in [5.74, 6) is -0.402. The van der Waals surface area contributed by atoms with Crippen molar-refractivity contribution in [3.8, 4) is 11.1 Å². The van der Waals surface area contributed by atoms with E-state index in [0.29, 0.717) is 36.4 Å². The molecule has 1 fully saturated rings. The second-order valence-corrected chi connectivity index (χ2v) is 5.96. The first-order chi connectivity index (χ1) is 12.2. The predicted octanol–water partition coefficient (Wildman–Crippen LogP) is 3.04. The fourth-order valence-corrected chi connectivity index (χ4v) is 3.15. The number of nitrogens with one attached hydrogen (secondary N) is 1. The largest absolute Gasteiger partial charge is 0.444 e. The Labute approximate surface area is 143 Å². The summed E-state index contributed by atoms with van der Waals surface area (Å²) in [6.45, 7) is 0.819. The maximum Gasteiger partial charge on any atom is 0.414 e. The van der Waals surface area contributed by atoms with Gasteiger partial charge in [-0.3, -0.25) is 4.90 Å². The number of carbonyl (C=O) groups is 1. The standard InChI is InChI=1S/C18H17FN4O2/c19-16-9-11(23-10-12(3-6-20)25-18(23)24)1-2-14(16)13-4-7-21-17-15(13)5-8-22-17/h1-2,4-5,7-9,12H,3,6,10,20H2,(H,21,22)/t12-/m0/s1. The molecular weight excluding hydrogens is 323 g/mol. The van der Waals surface area contributed by atoms with Gasteiger partial charge in [0.15, 0.2) is 0 Å². The summed E-state index contributed by atoms with van der Waals surface area (Å²) in [5, 5.41) is 0.845. The number of hydrogen-bond donors (Lipinski definition) is 2. The van der Waals surface area contributed by atoms with Crippen molar-refractivity contribution in [2.75, 3.05) is 18.0 Å². The Morgan fingerprint density at radius 1 is 1.32 bits per heavy atom. The van der Waals surface area contributed by atoms with E-state index in [9.17, 15) is 9.18 Å². The number of aromatic amines is 1. The fraction of sp³-hybridized carbons (Fsp3) is 0.222. The number of ether oxygens (including phenoxy) is 1. The molecule has 0 bridgehead atoms. The molecule has 128 valence electrons. The van der Waals surface area contributed by atoms with Gasteiger partial charge >= 0.3 is 6.09 Å². The number of hydrogen-bond acceptors (Lipinski definition) is 4. The van der Waals surface area contributed by atoms with Crippen LogP contribution in [-0.2, 0) is 4.74 Å². The van der Waals surface area contributed by atoms with Crippen LogP contribution >= 0.6 is 0 Å². The topological polar surface area (TPSA) is 84.2 Å². The lowest BCUT2D eigenvalue weighted by molar-refractivity contribution is 0.138. The van der Waals surface area contributed by atoms with Gasteiger partial charge in [0, 0.05) is 23.3 Å². The van der Waals surface area contributed by atoms with E-state index in [1.54, 1.807) is 30.6 Å². The smallest absolute Gasteiger partial charge is 0.414 e. The van der Waals surface area contributed by atoms with Crippen LogP contribution in [0.2, 0.25) is 0 Å². The first-order valence-electron chi connectivity index (χ1n) is 8.07. The van der Waals surface area contributed by atoms with Crippen molar-refractivity contribution >= 4 is 22.8 Å². The average Bonchev–Trinajstić information content (AvgIpc) is 3.21. The van der Waals surface area contributed by atoms with Gasteiger partial charge in [-0.05, 0) is 48.9 Å². The lowest BCUT2D eigenvalue weighted by atomic mass is 10.0. The summed E-state index contributed by atoms with van der Waals surface area (Å²) >= 11 is 0. The molecule has 1 atom stereocenters. The zero-order chi connectivity index (χ0) is 17.4. The number of rotatable bonds is 4. The maximum absolute atomic E-state index is 14.8. The summed E-state index contributed by atoms with van der Waals surface area (Å²) in [6, 6.07) is 8.40. The Morgan fingerprint density at radius 3 is 3.00 bits per heavy atom. The Kier molecular flexibility index (Phi) is 3.85. The maximum atomic E-state index is 14.8. The highest BCUT2D eigenvalue weighted by Gasteiger charge is 2.32. The number of nitrogens with two attached hydrogens (primary N) is 1. The van der Waals surface area contributed by atoms with Crippen LogP contribution in [0.25, 0.3) is 22.2 Å². The molecule has 3 aromatic rings. The molecular formula is C18H17FN4O2. The molecule has 1 aromatic carbocycles. The van der Waals surface area contributed by atoms with Crippen molar-refractivity contribution in [2.45, 2.75) is 12.5 Å². The zero-order valence-electron chi connectivity index (χ0n) is 13.4. The van der Waals surface area contributed by atoms with Gasteiger partial charge < -0.3 is 15.5 Å². The van der Waals surface area contributed by atoms with Gasteiger partial charge in [-0.1, -0.05) is 0 Å². The van der Waals surface area contributed by atoms with Crippen molar-refractivity contribution in [1.29, 1.82) is 0 Å². The molecule has 6 nitrogen and oxygen atoms in total. The lowest BCUT2D eigenvalue weighted by Crippen LogP contribution is -2.25. The minimum atomic E-state index is -0.470. The normalized spacial score (nSPS) is 17.3. The monoisotopic (exact) mass is 340 g/mol. The summed E-state index contributed by atoms with van der Waals surface area (Å²) in [5.41, 5.74) is 7.90. The van der Waals surface area contributed by atoms with Crippen LogP contribution in [0.3, 0.4) is 0 Å². The second-order valence-electron chi connectivity index (χ2n) is 5.96. The molecule has 25 heavy (non-hydrogen) atoms. The Hall–Kier alpha value is -2.93. The van der Waals surface area contributed by atoms with Crippen LogP contribution in [0.4, 0.5) is 14.9 Å². The molecule has 0 unspecified atom stereocenters. The number of amides is 1. The van der Waals surface area contributed by atoms with Crippen molar-refractivity contribution < 1.29 is 13.9 Å². The number of benzene rings is 1. The van der Waals surface area contributed by atoms with Gasteiger partial charge in [0.25, 0.3) is 0 Å². The third-order valence-corrected chi connectivity index (χ3v) is 4.38. The highest BCUT2D eigenvalue weighted by Crippen LogP contribution is 2.32. The van der Waals surface area contributed by atoms with Crippen molar-refractivity contribution in [3.05, 3.63) is 48.5 Å². The van der Waals surface area contributed by atoms with E-state index in [1.807, 2.05) is 6.07 Å². The lowest BCUT2D eigenvalue weighted by Gasteiger charge is -2.14. The summed E-state index contributed by atoms with van der Waals surface area (Å²) in [7, 11) is 0. The average molecular weight is 340 g/mol. The van der Waals surface area contributed by atoms with E-state index < -0.39 is 11.9 Å². The molecule has 0 radical (unpaired) electrons. The molecule has 7 heteroatoms. The molecule has 1 saturated heterocycles. The van der Waals surface area contributed by atoms with Gasteiger partial charge in [0.05, 0.1) is 12.2 Å². The first kappa shape index (κ1) is 15.6. The summed E-state index contributed by atoms with van der Waals surface area (Å²) in [4.78, 5) is 20.7. The highest BCUT2D eigenvalue weighted by molar-refractivity contribution is 5.94. The van der Waals surface area contributed by atoms with Gasteiger partial charge in [-0.2, -0.15) is 0 Å². The Balaban J connectivity index is 1.68. The molecule has 1 amide bonds. The molecule has 1 aliphatic heterocycles. The first-order valence-corrected chi connectivity index (χ1v) is 8.07. The number of cyclic esters (lactones) is 1. The number of fused-ring (bicyclic) bond motifs is 1.